The zero-order valence-electron chi connectivity index (χ0n) is 13.5. The Morgan fingerprint density at radius 2 is 2.15 bits per heavy atom. The molecule has 0 aromatic heterocycles. The lowest BCUT2D eigenvalue weighted by Crippen LogP contribution is -2.32. The lowest BCUT2D eigenvalue weighted by molar-refractivity contribution is 0.273. The van der Waals surface area contributed by atoms with Gasteiger partial charge in [-0.1, -0.05) is 18.6 Å². The van der Waals surface area contributed by atoms with E-state index in [4.69, 9.17) is 10.00 Å². The molecule has 0 heterocycles. The van der Waals surface area contributed by atoms with Crippen LogP contribution in [0, 0.1) is 22.7 Å². The number of hydrogen-bond acceptors (Lipinski definition) is 3. The maximum atomic E-state index is 9.17. The van der Waals surface area contributed by atoms with E-state index in [1.54, 1.807) is 7.11 Å². The Kier molecular flexibility index (Phi) is 6.29. The van der Waals surface area contributed by atoms with Gasteiger partial charge in [0.1, 0.15) is 0 Å². The molecule has 1 aliphatic carbocycles. The van der Waals surface area contributed by atoms with Gasteiger partial charge in [-0.05, 0) is 52.2 Å². The predicted octanol–water partition coefficient (Wildman–Crippen LogP) is 4.04. The monoisotopic (exact) mass is 278 g/mol. The first-order chi connectivity index (χ1) is 9.41. The zero-order chi connectivity index (χ0) is 15.2. The first-order valence-electron chi connectivity index (χ1n) is 7.44. The number of nitriles is 1. The van der Waals surface area contributed by atoms with Crippen LogP contribution in [0.1, 0.15) is 47.9 Å². The molecule has 1 unspecified atom stereocenters. The largest absolute Gasteiger partial charge is 0.501 e. The third-order valence-corrected chi connectivity index (χ3v) is 4.14. The smallest absolute Gasteiger partial charge is 0.0958 e. The van der Waals surface area contributed by atoms with Crippen molar-refractivity contribution >= 4 is 0 Å². The number of rotatable bonds is 7. The van der Waals surface area contributed by atoms with Crippen LogP contribution in [-0.2, 0) is 4.74 Å². The fraction of sp³-hybridized carbons (Fsp3) is 0.706. The van der Waals surface area contributed by atoms with Crippen LogP contribution in [-0.4, -0.2) is 20.2 Å². The summed E-state index contributed by atoms with van der Waals surface area (Å²) >= 11 is 0. The second-order valence-corrected chi connectivity index (χ2v) is 6.40. The molecule has 3 nitrogen and oxygen atoms in total. The van der Waals surface area contributed by atoms with Crippen LogP contribution in [0.25, 0.3) is 0 Å². The third kappa shape index (κ3) is 5.02. The van der Waals surface area contributed by atoms with Gasteiger partial charge in [-0.2, -0.15) is 5.26 Å². The van der Waals surface area contributed by atoms with Crippen molar-refractivity contribution in [3.05, 3.63) is 23.5 Å². The van der Waals surface area contributed by atoms with Crippen LogP contribution in [0.3, 0.4) is 0 Å². The van der Waals surface area contributed by atoms with Crippen LogP contribution in [0.2, 0.25) is 0 Å². The van der Waals surface area contributed by atoms with Crippen molar-refractivity contribution in [2.24, 2.45) is 11.3 Å². The van der Waals surface area contributed by atoms with Crippen LogP contribution < -0.4 is 5.32 Å². The second-order valence-electron chi connectivity index (χ2n) is 6.40. The fourth-order valence-electron chi connectivity index (χ4n) is 2.76. The summed E-state index contributed by atoms with van der Waals surface area (Å²) in [6.07, 6.45) is 8.33. The zero-order valence-corrected chi connectivity index (χ0v) is 13.5. The molecule has 1 aliphatic rings. The maximum Gasteiger partial charge on any atom is 0.0958 e. The second kappa shape index (κ2) is 7.50. The molecule has 0 amide bonds. The third-order valence-electron chi connectivity index (χ3n) is 4.14. The normalized spacial score (nSPS) is 18.6. The molecule has 0 saturated heterocycles. The van der Waals surface area contributed by atoms with E-state index in [0.29, 0.717) is 12.0 Å². The SMILES string of the molecule is CN[C@@H](CC(C)C1=CC=C(OC)CC1)CC(C)(C)C#N.[HH]. The van der Waals surface area contributed by atoms with Crippen molar-refractivity contribution in [3.63, 3.8) is 0 Å². The average Bonchev–Trinajstić information content (AvgIpc) is 2.46. The van der Waals surface area contributed by atoms with E-state index in [-0.39, 0.29) is 6.84 Å². The molecule has 0 saturated carbocycles. The van der Waals surface area contributed by atoms with Gasteiger partial charge >= 0.3 is 0 Å². The molecule has 0 fully saturated rings. The van der Waals surface area contributed by atoms with Gasteiger partial charge in [0.2, 0.25) is 0 Å². The molecule has 0 aliphatic heterocycles. The molecule has 0 aromatic carbocycles. The molecule has 0 aromatic rings. The van der Waals surface area contributed by atoms with E-state index >= 15 is 0 Å². The van der Waals surface area contributed by atoms with Crippen molar-refractivity contribution in [2.75, 3.05) is 14.2 Å². The predicted molar refractivity (Wildman–Crippen MR) is 85.2 cm³/mol. The summed E-state index contributed by atoms with van der Waals surface area (Å²) in [5.74, 6) is 1.60. The van der Waals surface area contributed by atoms with E-state index in [2.05, 4.69) is 30.5 Å². The van der Waals surface area contributed by atoms with Crippen molar-refractivity contribution < 1.29 is 6.16 Å². The highest BCUT2D eigenvalue weighted by molar-refractivity contribution is 5.22. The standard InChI is InChI=1S/C17H28N2O.H2/c1-13(14-6-8-16(20-5)9-7-14)10-15(19-4)11-17(2,3)12-18;/h6,8,13,15,19H,7,9-11H2,1-5H3;1H/t13?,15-;/m0./s1. The van der Waals surface area contributed by atoms with E-state index in [1.807, 2.05) is 20.9 Å². The lowest BCUT2D eigenvalue weighted by Gasteiger charge is -2.28. The Hall–Kier alpha value is -1.27. The summed E-state index contributed by atoms with van der Waals surface area (Å²) in [6.45, 7) is 6.30. The summed E-state index contributed by atoms with van der Waals surface area (Å²) in [4.78, 5) is 0. The van der Waals surface area contributed by atoms with Gasteiger partial charge in [-0.15, -0.1) is 0 Å². The highest BCUT2D eigenvalue weighted by atomic mass is 16.5. The number of nitrogens with one attached hydrogen (secondary N) is 1. The minimum atomic E-state index is -0.266. The summed E-state index contributed by atoms with van der Waals surface area (Å²) in [5.41, 5.74) is 1.22. The lowest BCUT2D eigenvalue weighted by atomic mass is 9.81. The van der Waals surface area contributed by atoms with Crippen LogP contribution in [0.5, 0.6) is 0 Å². The molecule has 0 spiro atoms. The topological polar surface area (TPSA) is 45.0 Å². The Morgan fingerprint density at radius 1 is 1.45 bits per heavy atom. The summed E-state index contributed by atoms with van der Waals surface area (Å²) in [5, 5.41) is 12.5. The first-order valence-corrected chi connectivity index (χ1v) is 7.44. The van der Waals surface area contributed by atoms with Gasteiger partial charge in [-0.3, -0.25) is 0 Å². The highest BCUT2D eigenvalue weighted by Crippen LogP contribution is 2.30. The minimum Gasteiger partial charge on any atom is -0.501 e. The van der Waals surface area contributed by atoms with Gasteiger partial charge in [-0.25, -0.2) is 0 Å². The molecule has 0 radical (unpaired) electrons. The van der Waals surface area contributed by atoms with E-state index in [1.165, 1.54) is 5.57 Å². The molecule has 1 N–H and O–H groups in total. The fourth-order valence-corrected chi connectivity index (χ4v) is 2.76. The molecule has 3 heteroatoms. The summed E-state index contributed by atoms with van der Waals surface area (Å²) in [7, 11) is 3.72. The number of hydrogen-bond donors (Lipinski definition) is 1. The van der Waals surface area contributed by atoms with E-state index < -0.39 is 0 Å². The quantitative estimate of drug-likeness (QED) is 0.764. The number of methoxy groups -OCH3 is 1. The summed E-state index contributed by atoms with van der Waals surface area (Å²) < 4.78 is 5.27. The van der Waals surface area contributed by atoms with Gasteiger partial charge in [0.05, 0.1) is 24.4 Å². The maximum absolute atomic E-state index is 9.17. The van der Waals surface area contributed by atoms with Crippen LogP contribution >= 0.6 is 0 Å². The Bertz CT molecular complexity index is 421. The number of nitrogens with zero attached hydrogens (tertiary/aromatic N) is 1. The summed E-state index contributed by atoms with van der Waals surface area (Å²) in [6, 6.07) is 2.77. The van der Waals surface area contributed by atoms with Crippen molar-refractivity contribution in [1.82, 2.24) is 5.32 Å². The average molecular weight is 278 g/mol. The van der Waals surface area contributed by atoms with Crippen LogP contribution in [0.4, 0.5) is 0 Å². The molecule has 1 rings (SSSR count). The van der Waals surface area contributed by atoms with Gasteiger partial charge in [0.15, 0.2) is 0 Å². The van der Waals surface area contributed by atoms with E-state index in [9.17, 15) is 0 Å². The molecule has 2 atom stereocenters. The van der Waals surface area contributed by atoms with Gasteiger partial charge in [0, 0.05) is 13.9 Å². The minimum absolute atomic E-state index is 0. The molecule has 114 valence electrons. The number of ether oxygens (including phenoxy) is 1. The molecule has 20 heavy (non-hydrogen) atoms. The van der Waals surface area contributed by atoms with Crippen molar-refractivity contribution in [2.45, 2.75) is 52.5 Å². The van der Waals surface area contributed by atoms with Crippen molar-refractivity contribution in [1.29, 1.82) is 5.26 Å². The first kappa shape index (κ1) is 16.8. The Morgan fingerprint density at radius 3 is 2.60 bits per heavy atom. The Balaban J connectivity index is 0.00000400. The number of allylic oxidation sites excluding steroid dienone is 4. The highest BCUT2D eigenvalue weighted by Gasteiger charge is 2.24. The molecular formula is C17H30N2O. The Labute approximate surface area is 125 Å². The van der Waals surface area contributed by atoms with Gasteiger partial charge < -0.3 is 10.1 Å². The van der Waals surface area contributed by atoms with E-state index in [0.717, 1.165) is 31.4 Å². The van der Waals surface area contributed by atoms with Gasteiger partial charge in [0.25, 0.3) is 0 Å². The van der Waals surface area contributed by atoms with Crippen LogP contribution in [0.15, 0.2) is 23.5 Å². The van der Waals surface area contributed by atoms with Crippen molar-refractivity contribution in [3.8, 4) is 6.07 Å². The molecular weight excluding hydrogens is 248 g/mol. The molecule has 0 bridgehead atoms.